The summed E-state index contributed by atoms with van der Waals surface area (Å²) in [5.41, 5.74) is 1.78. The first-order chi connectivity index (χ1) is 6.83. The third-order valence-corrected chi connectivity index (χ3v) is 2.63. The van der Waals surface area contributed by atoms with Crippen LogP contribution in [0, 0.1) is 5.92 Å². The van der Waals surface area contributed by atoms with E-state index in [0.29, 0.717) is 0 Å². The molecule has 1 N–H and O–H groups in total. The summed E-state index contributed by atoms with van der Waals surface area (Å²) in [6.07, 6.45) is 2.61. The van der Waals surface area contributed by atoms with E-state index in [0.717, 1.165) is 23.5 Å². The average molecular weight is 189 g/mol. The number of phenols is 1. The highest BCUT2D eigenvalue weighted by molar-refractivity contribution is 5.75. The second-order valence-corrected chi connectivity index (χ2v) is 3.89. The first-order valence-electron chi connectivity index (χ1n) is 4.85. The number of fused-ring (bicyclic) bond motifs is 1. The molecule has 1 aliphatic carbocycles. The fourth-order valence-electron chi connectivity index (χ4n) is 1.64. The summed E-state index contributed by atoms with van der Waals surface area (Å²) in [6, 6.07) is 5.19. The van der Waals surface area contributed by atoms with Crippen LogP contribution in [0.25, 0.3) is 11.0 Å². The molecule has 0 aliphatic heterocycles. The van der Waals surface area contributed by atoms with E-state index in [2.05, 4.69) is 10.3 Å². The molecule has 14 heavy (non-hydrogen) atoms. The zero-order chi connectivity index (χ0) is 9.54. The molecule has 0 amide bonds. The maximum Gasteiger partial charge on any atom is 0.117 e. The van der Waals surface area contributed by atoms with Crippen LogP contribution in [0.3, 0.4) is 0 Å². The van der Waals surface area contributed by atoms with Crippen molar-refractivity contribution in [1.29, 1.82) is 0 Å². The first kappa shape index (κ1) is 7.79. The molecule has 1 fully saturated rings. The Morgan fingerprint density at radius 2 is 2.29 bits per heavy atom. The molecular formula is C10H11N3O. The second kappa shape index (κ2) is 2.70. The Balaban J connectivity index is 2.06. The Hall–Kier alpha value is -1.58. The van der Waals surface area contributed by atoms with Gasteiger partial charge in [-0.15, -0.1) is 5.10 Å². The molecule has 1 heterocycles. The normalized spacial score (nSPS) is 16.3. The van der Waals surface area contributed by atoms with Gasteiger partial charge in [-0.25, -0.2) is 4.68 Å². The summed E-state index contributed by atoms with van der Waals surface area (Å²) in [5.74, 6) is 1.03. The standard InChI is InChI=1S/C10H11N3O/c14-8-3-4-10-9(5-8)11-12-13(10)6-7-1-2-7/h3-5,7,14H,1-2,6H2. The van der Waals surface area contributed by atoms with Gasteiger partial charge in [-0.1, -0.05) is 5.21 Å². The van der Waals surface area contributed by atoms with Crippen molar-refractivity contribution in [1.82, 2.24) is 15.0 Å². The highest BCUT2D eigenvalue weighted by Gasteiger charge is 2.22. The average Bonchev–Trinajstić information content (AvgIpc) is 2.89. The maximum absolute atomic E-state index is 9.26. The quantitative estimate of drug-likeness (QED) is 0.779. The monoisotopic (exact) mass is 189 g/mol. The SMILES string of the molecule is Oc1ccc2c(c1)nnn2CC1CC1. The Kier molecular flexibility index (Phi) is 1.50. The van der Waals surface area contributed by atoms with Crippen LogP contribution in [0.15, 0.2) is 18.2 Å². The molecule has 0 saturated heterocycles. The van der Waals surface area contributed by atoms with Crippen molar-refractivity contribution >= 4 is 11.0 Å². The molecule has 1 aliphatic rings. The lowest BCUT2D eigenvalue weighted by Crippen LogP contribution is -2.01. The lowest BCUT2D eigenvalue weighted by atomic mass is 10.3. The Morgan fingerprint density at radius 1 is 1.43 bits per heavy atom. The van der Waals surface area contributed by atoms with Gasteiger partial charge >= 0.3 is 0 Å². The molecule has 72 valence electrons. The minimum absolute atomic E-state index is 0.246. The molecule has 0 unspecified atom stereocenters. The van der Waals surface area contributed by atoms with Gasteiger partial charge in [0.05, 0.1) is 5.52 Å². The molecule has 1 aromatic carbocycles. The second-order valence-electron chi connectivity index (χ2n) is 3.89. The summed E-state index contributed by atoms with van der Waals surface area (Å²) < 4.78 is 1.92. The minimum atomic E-state index is 0.246. The number of hydrogen-bond acceptors (Lipinski definition) is 3. The largest absolute Gasteiger partial charge is 0.508 e. The molecule has 0 spiro atoms. The predicted octanol–water partition coefficient (Wildman–Crippen LogP) is 1.55. The van der Waals surface area contributed by atoms with Crippen LogP contribution in [-0.2, 0) is 6.54 Å². The summed E-state index contributed by atoms with van der Waals surface area (Å²) in [6.45, 7) is 0.960. The number of phenolic OH excluding ortho intramolecular Hbond substituents is 1. The third-order valence-electron chi connectivity index (χ3n) is 2.63. The van der Waals surface area contributed by atoms with E-state index < -0.39 is 0 Å². The molecule has 0 radical (unpaired) electrons. The van der Waals surface area contributed by atoms with Gasteiger partial charge in [-0.05, 0) is 30.9 Å². The molecule has 3 rings (SSSR count). The van der Waals surface area contributed by atoms with E-state index in [1.807, 2.05) is 10.7 Å². The topological polar surface area (TPSA) is 50.9 Å². The smallest absolute Gasteiger partial charge is 0.117 e. The molecule has 2 aromatic rings. The maximum atomic E-state index is 9.26. The van der Waals surface area contributed by atoms with Gasteiger partial charge < -0.3 is 5.11 Å². The number of nitrogens with zero attached hydrogens (tertiary/aromatic N) is 3. The number of rotatable bonds is 2. The summed E-state index contributed by atoms with van der Waals surface area (Å²) in [5, 5.41) is 17.3. The van der Waals surface area contributed by atoms with Crippen LogP contribution in [0.2, 0.25) is 0 Å². The third kappa shape index (κ3) is 1.23. The predicted molar refractivity (Wildman–Crippen MR) is 51.9 cm³/mol. The van der Waals surface area contributed by atoms with Crippen LogP contribution >= 0.6 is 0 Å². The van der Waals surface area contributed by atoms with Crippen LogP contribution in [0.5, 0.6) is 5.75 Å². The van der Waals surface area contributed by atoms with Gasteiger partial charge in [-0.2, -0.15) is 0 Å². The van der Waals surface area contributed by atoms with E-state index in [9.17, 15) is 5.11 Å². The molecule has 0 atom stereocenters. The van der Waals surface area contributed by atoms with Gasteiger partial charge in [-0.3, -0.25) is 0 Å². The van der Waals surface area contributed by atoms with Crippen LogP contribution in [0.1, 0.15) is 12.8 Å². The van der Waals surface area contributed by atoms with Gasteiger partial charge in [0.2, 0.25) is 0 Å². The minimum Gasteiger partial charge on any atom is -0.508 e. The van der Waals surface area contributed by atoms with E-state index >= 15 is 0 Å². The highest BCUT2D eigenvalue weighted by atomic mass is 16.3. The van der Waals surface area contributed by atoms with Crippen LogP contribution in [-0.4, -0.2) is 20.1 Å². The molecular weight excluding hydrogens is 178 g/mol. The number of aromatic nitrogens is 3. The van der Waals surface area contributed by atoms with Gasteiger partial charge in [0, 0.05) is 12.6 Å². The Labute approximate surface area is 81.2 Å². The zero-order valence-corrected chi connectivity index (χ0v) is 7.72. The van der Waals surface area contributed by atoms with Crippen molar-refractivity contribution in [2.45, 2.75) is 19.4 Å². The lowest BCUT2D eigenvalue weighted by molar-refractivity contribution is 0.476. The number of aromatic hydroxyl groups is 1. The van der Waals surface area contributed by atoms with E-state index in [1.54, 1.807) is 12.1 Å². The summed E-state index contributed by atoms with van der Waals surface area (Å²) in [7, 11) is 0. The van der Waals surface area contributed by atoms with Crippen molar-refractivity contribution in [3.05, 3.63) is 18.2 Å². The van der Waals surface area contributed by atoms with Crippen molar-refractivity contribution in [3.63, 3.8) is 0 Å². The molecule has 4 nitrogen and oxygen atoms in total. The van der Waals surface area contributed by atoms with Crippen molar-refractivity contribution in [2.24, 2.45) is 5.92 Å². The molecule has 1 aromatic heterocycles. The highest BCUT2D eigenvalue weighted by Crippen LogP contribution is 2.31. The van der Waals surface area contributed by atoms with Gasteiger partial charge in [0.1, 0.15) is 11.3 Å². The first-order valence-corrected chi connectivity index (χ1v) is 4.85. The van der Waals surface area contributed by atoms with Crippen molar-refractivity contribution in [2.75, 3.05) is 0 Å². The van der Waals surface area contributed by atoms with Crippen molar-refractivity contribution in [3.8, 4) is 5.75 Å². The fourth-order valence-corrected chi connectivity index (χ4v) is 1.64. The zero-order valence-electron chi connectivity index (χ0n) is 7.72. The van der Waals surface area contributed by atoms with E-state index in [4.69, 9.17) is 0 Å². The number of hydrogen-bond donors (Lipinski definition) is 1. The Morgan fingerprint density at radius 3 is 3.07 bits per heavy atom. The molecule has 4 heteroatoms. The van der Waals surface area contributed by atoms with Crippen molar-refractivity contribution < 1.29 is 5.11 Å². The van der Waals surface area contributed by atoms with E-state index in [1.165, 1.54) is 12.8 Å². The van der Waals surface area contributed by atoms with Crippen LogP contribution in [0.4, 0.5) is 0 Å². The fraction of sp³-hybridized carbons (Fsp3) is 0.400. The number of benzene rings is 1. The van der Waals surface area contributed by atoms with E-state index in [-0.39, 0.29) is 5.75 Å². The van der Waals surface area contributed by atoms with Crippen LogP contribution < -0.4 is 0 Å². The van der Waals surface area contributed by atoms with Gasteiger partial charge in [0.25, 0.3) is 0 Å². The lowest BCUT2D eigenvalue weighted by Gasteiger charge is -1.99. The molecule has 0 bridgehead atoms. The summed E-state index contributed by atoms with van der Waals surface area (Å²) in [4.78, 5) is 0. The van der Waals surface area contributed by atoms with Gasteiger partial charge in [0.15, 0.2) is 0 Å². The Bertz CT molecular complexity index is 473. The molecule has 1 saturated carbocycles. The summed E-state index contributed by atoms with van der Waals surface area (Å²) >= 11 is 0.